The molecule has 0 spiro atoms. The highest BCUT2D eigenvalue weighted by Gasteiger charge is 2.28. The molecule has 0 amide bonds. The lowest BCUT2D eigenvalue weighted by molar-refractivity contribution is 0.443. The summed E-state index contributed by atoms with van der Waals surface area (Å²) in [6, 6.07) is 83.7. The van der Waals surface area contributed by atoms with Gasteiger partial charge < -0.3 is 45.9 Å². The van der Waals surface area contributed by atoms with E-state index in [1.54, 1.807) is 0 Å². The number of hydrogen-bond donors (Lipinski definition) is 8. The molecule has 12 aromatic rings. The standard InChI is InChI=1S/C50H58N4.C27H32N2.C25H28N2/c1-9-33-25-41(21-29(5)47(33)51)45(42-22-30(6)48(52)34(10-2)26-42)39-17-13-37(14-18-39)38-15-19-40(20-16-38)46(43-23-31(7)49(53)35(11-3)27-43)44-24-32(8)50(54)36(12-4)28-44;1-18-16-23(20-6-4-3-5-7-20)17-19(2)26(18)27(21-8-12-24(28)13-9-21)22-10-14-25(29)15-11-22;26-23-14-10-21(11-15-23)25(22-12-16-24(27)17-13-22)20-8-6-19(7-9-20)18-4-2-1-3-5-18/h13-28,45-46H,9-12,51-54H2,1-8H3;8-17,20,27H,3-7,28-29H2,1-2H3;6-18,25H,1-5,26-27H2. The third-order valence-electron chi connectivity index (χ3n) is 24.1. The zero-order chi connectivity index (χ0) is 77.9. The zero-order valence-electron chi connectivity index (χ0n) is 66.9. The lowest BCUT2D eigenvalue weighted by Crippen LogP contribution is -2.11. The second-order valence-electron chi connectivity index (χ2n) is 31.6. The van der Waals surface area contributed by atoms with Gasteiger partial charge >= 0.3 is 0 Å². The Bertz CT molecular complexity index is 4680. The highest BCUT2D eigenvalue weighted by molar-refractivity contribution is 5.69. The molecule has 0 heterocycles. The van der Waals surface area contributed by atoms with Crippen LogP contribution in [0.25, 0.3) is 11.1 Å². The van der Waals surface area contributed by atoms with Crippen molar-refractivity contribution in [1.29, 1.82) is 0 Å². The molecule has 2 fully saturated rings. The molecule has 566 valence electrons. The molecule has 14 rings (SSSR count). The van der Waals surface area contributed by atoms with Crippen molar-refractivity contribution >= 4 is 45.5 Å². The molecule has 12 aromatic carbocycles. The molecule has 16 N–H and O–H groups in total. The van der Waals surface area contributed by atoms with Gasteiger partial charge in [-0.15, -0.1) is 0 Å². The number of nitrogens with two attached hydrogens (primary N) is 8. The number of benzene rings is 12. The SMILES string of the molecule is CCc1cc(C(c2ccc(-c3ccc(C(c4cc(C)c(N)c(CC)c4)c4cc(C)c(N)c(CC)c4)cc3)cc2)c2cc(C)c(N)c(CC)c2)cc(C)c1N.Cc1cc(C2CCCCC2)cc(C)c1C(c1ccc(N)cc1)c1ccc(N)cc1.Nc1ccc(C(c2ccc(N)cc2)c2ccc(C3CCCCC3)cc2)cc1. The van der Waals surface area contributed by atoms with E-state index in [1.165, 1.54) is 187 Å². The summed E-state index contributed by atoms with van der Waals surface area (Å²) in [6.45, 7) is 21.7. The summed E-state index contributed by atoms with van der Waals surface area (Å²) < 4.78 is 0. The Kier molecular flexibility index (Phi) is 25.4. The Balaban J connectivity index is 0.000000168. The van der Waals surface area contributed by atoms with Gasteiger partial charge in [0.1, 0.15) is 0 Å². The third kappa shape index (κ3) is 18.0. The molecule has 0 bridgehead atoms. The van der Waals surface area contributed by atoms with Gasteiger partial charge in [-0.3, -0.25) is 0 Å². The number of rotatable bonds is 19. The fourth-order valence-corrected chi connectivity index (χ4v) is 17.7. The van der Waals surface area contributed by atoms with Crippen molar-refractivity contribution in [2.45, 2.75) is 195 Å². The van der Waals surface area contributed by atoms with Gasteiger partial charge in [0.05, 0.1) is 0 Å². The van der Waals surface area contributed by atoms with Crippen molar-refractivity contribution in [1.82, 2.24) is 0 Å². The molecule has 0 radical (unpaired) electrons. The van der Waals surface area contributed by atoms with Gasteiger partial charge in [-0.2, -0.15) is 0 Å². The molecule has 8 heteroatoms. The largest absolute Gasteiger partial charge is 0.399 e. The predicted molar refractivity (Wildman–Crippen MR) is 473 cm³/mol. The summed E-state index contributed by atoms with van der Waals surface area (Å²) in [5.74, 6) is 1.91. The van der Waals surface area contributed by atoms with Gasteiger partial charge in [0, 0.05) is 69.2 Å². The zero-order valence-corrected chi connectivity index (χ0v) is 66.9. The molecule has 0 aliphatic heterocycles. The molecule has 2 aliphatic carbocycles. The van der Waals surface area contributed by atoms with Crippen LogP contribution in [0.3, 0.4) is 0 Å². The Morgan fingerprint density at radius 3 is 0.727 bits per heavy atom. The van der Waals surface area contributed by atoms with Crippen LogP contribution < -0.4 is 45.9 Å². The minimum absolute atomic E-state index is 0.0455. The van der Waals surface area contributed by atoms with Crippen molar-refractivity contribution in [2.24, 2.45) is 0 Å². The van der Waals surface area contributed by atoms with E-state index in [-0.39, 0.29) is 23.7 Å². The van der Waals surface area contributed by atoms with Gasteiger partial charge in [-0.25, -0.2) is 0 Å². The number of anilines is 8. The summed E-state index contributed by atoms with van der Waals surface area (Å²) in [4.78, 5) is 0. The normalized spacial score (nSPS) is 13.3. The highest BCUT2D eigenvalue weighted by atomic mass is 14.6. The van der Waals surface area contributed by atoms with Crippen LogP contribution in [0.2, 0.25) is 0 Å². The van der Waals surface area contributed by atoms with E-state index in [0.717, 1.165) is 105 Å². The lowest BCUT2D eigenvalue weighted by Gasteiger charge is -2.27. The topological polar surface area (TPSA) is 208 Å². The highest BCUT2D eigenvalue weighted by Crippen LogP contribution is 2.45. The number of aryl methyl sites for hydroxylation is 10. The van der Waals surface area contributed by atoms with E-state index in [2.05, 4.69) is 251 Å². The molecule has 2 aliphatic rings. The maximum absolute atomic E-state index is 6.53. The predicted octanol–water partition coefficient (Wildman–Crippen LogP) is 24.3. The number of hydrogen-bond acceptors (Lipinski definition) is 8. The lowest BCUT2D eigenvalue weighted by atomic mass is 9.77. The van der Waals surface area contributed by atoms with Gasteiger partial charge in [0.2, 0.25) is 0 Å². The van der Waals surface area contributed by atoms with Crippen LogP contribution in [0.1, 0.15) is 261 Å². The molecule has 0 unspecified atom stereocenters. The Hall–Kier alpha value is -11.0. The maximum Gasteiger partial charge on any atom is 0.0376 e. The first-order valence-electron chi connectivity index (χ1n) is 40.5. The van der Waals surface area contributed by atoms with Crippen LogP contribution in [0.4, 0.5) is 45.5 Å². The van der Waals surface area contributed by atoms with Gasteiger partial charge in [-0.05, 0) is 298 Å². The Labute approximate surface area is 657 Å². The van der Waals surface area contributed by atoms with E-state index >= 15 is 0 Å². The average Bonchev–Trinajstić information content (AvgIpc) is 0.785. The van der Waals surface area contributed by atoms with Crippen molar-refractivity contribution in [3.63, 3.8) is 0 Å². The average molecular weight is 1460 g/mol. The van der Waals surface area contributed by atoms with Crippen molar-refractivity contribution in [3.8, 4) is 11.1 Å². The van der Waals surface area contributed by atoms with Gasteiger partial charge in [-0.1, -0.05) is 248 Å². The smallest absolute Gasteiger partial charge is 0.0376 e. The fourth-order valence-electron chi connectivity index (χ4n) is 17.7. The van der Waals surface area contributed by atoms with E-state index < -0.39 is 0 Å². The van der Waals surface area contributed by atoms with Crippen LogP contribution in [-0.4, -0.2) is 0 Å². The van der Waals surface area contributed by atoms with Gasteiger partial charge in [0.25, 0.3) is 0 Å². The van der Waals surface area contributed by atoms with E-state index in [0.29, 0.717) is 0 Å². The first kappa shape index (κ1) is 78.6. The quantitative estimate of drug-likeness (QED) is 0.0288. The summed E-state index contributed by atoms with van der Waals surface area (Å²) >= 11 is 0. The van der Waals surface area contributed by atoms with Crippen molar-refractivity contribution in [3.05, 3.63) is 364 Å². The summed E-state index contributed by atoms with van der Waals surface area (Å²) in [5.41, 5.74) is 89.2. The minimum atomic E-state index is 0.0455. The Morgan fingerprint density at radius 2 is 0.464 bits per heavy atom. The minimum Gasteiger partial charge on any atom is -0.399 e. The molecule has 2 saturated carbocycles. The number of nitrogen functional groups attached to an aromatic ring is 8. The van der Waals surface area contributed by atoms with E-state index in [9.17, 15) is 0 Å². The first-order valence-corrected chi connectivity index (χ1v) is 40.5. The van der Waals surface area contributed by atoms with Crippen molar-refractivity contribution < 1.29 is 0 Å². The molecule has 8 nitrogen and oxygen atoms in total. The molecule has 110 heavy (non-hydrogen) atoms. The first-order chi connectivity index (χ1) is 53.1. The van der Waals surface area contributed by atoms with Crippen LogP contribution >= 0.6 is 0 Å². The van der Waals surface area contributed by atoms with Crippen LogP contribution in [-0.2, 0) is 25.7 Å². The van der Waals surface area contributed by atoms with Gasteiger partial charge in [0.15, 0.2) is 0 Å². The summed E-state index contributed by atoms with van der Waals surface area (Å²) in [5, 5.41) is 0. The summed E-state index contributed by atoms with van der Waals surface area (Å²) in [6.07, 6.45) is 17.1. The molecule has 0 saturated heterocycles. The van der Waals surface area contributed by atoms with Crippen LogP contribution in [0.15, 0.2) is 231 Å². The molecule has 0 atom stereocenters. The Morgan fingerprint density at radius 1 is 0.236 bits per heavy atom. The van der Waals surface area contributed by atoms with E-state index in [1.807, 2.05) is 48.5 Å². The third-order valence-corrected chi connectivity index (χ3v) is 24.1. The molecular weight excluding hydrogens is 1340 g/mol. The second-order valence-corrected chi connectivity index (χ2v) is 31.6. The fraction of sp³-hybridized carbons (Fsp3) is 0.294. The van der Waals surface area contributed by atoms with Crippen LogP contribution in [0.5, 0.6) is 0 Å². The maximum atomic E-state index is 6.53. The monoisotopic (exact) mass is 1450 g/mol. The molecular formula is C102H118N8. The van der Waals surface area contributed by atoms with Crippen LogP contribution in [0, 0.1) is 41.5 Å². The van der Waals surface area contributed by atoms with E-state index in [4.69, 9.17) is 45.9 Å². The molecule has 0 aromatic heterocycles. The summed E-state index contributed by atoms with van der Waals surface area (Å²) in [7, 11) is 0. The van der Waals surface area contributed by atoms with Crippen molar-refractivity contribution in [2.75, 3.05) is 45.9 Å². The second kappa shape index (κ2) is 35.6.